The van der Waals surface area contributed by atoms with Gasteiger partial charge < -0.3 is 14.9 Å². The Hall–Kier alpha value is -0.120. The fourth-order valence-corrected chi connectivity index (χ4v) is 2.90. The van der Waals surface area contributed by atoms with Gasteiger partial charge in [-0.15, -0.1) is 0 Å². The maximum atomic E-state index is 9.51. The number of hydrogen-bond acceptors (Lipinski definition) is 3. The Balaban J connectivity index is 4.17. The van der Waals surface area contributed by atoms with E-state index >= 15 is 0 Å². The Bertz CT molecular complexity index is 221. The standard InChI is InChI=1S/C19H40O3/c1-4-7-9-10-11-13-19(22-16-18(21)15-20)14-17(6-3)12-8-5-2/h17-21H,4-16H2,1-3H3. The van der Waals surface area contributed by atoms with Gasteiger partial charge in [0.1, 0.15) is 6.10 Å². The Morgan fingerprint density at radius 2 is 1.55 bits per heavy atom. The average Bonchev–Trinajstić information content (AvgIpc) is 2.54. The van der Waals surface area contributed by atoms with Crippen LogP contribution in [-0.4, -0.2) is 35.6 Å². The van der Waals surface area contributed by atoms with Crippen molar-refractivity contribution >= 4 is 0 Å². The third-order valence-corrected chi connectivity index (χ3v) is 4.50. The van der Waals surface area contributed by atoms with Crippen molar-refractivity contribution in [3.8, 4) is 0 Å². The molecule has 0 aliphatic heterocycles. The number of aliphatic hydroxyl groups excluding tert-OH is 2. The van der Waals surface area contributed by atoms with Crippen molar-refractivity contribution in [1.82, 2.24) is 0 Å². The predicted molar refractivity (Wildman–Crippen MR) is 94.1 cm³/mol. The van der Waals surface area contributed by atoms with E-state index in [2.05, 4.69) is 20.8 Å². The van der Waals surface area contributed by atoms with Crippen LogP contribution in [0.1, 0.15) is 91.4 Å². The highest BCUT2D eigenvalue weighted by Gasteiger charge is 2.17. The molecule has 0 bridgehead atoms. The van der Waals surface area contributed by atoms with Crippen molar-refractivity contribution in [2.45, 2.75) is 104 Å². The summed E-state index contributed by atoms with van der Waals surface area (Å²) in [5, 5.41) is 18.4. The second-order valence-electron chi connectivity index (χ2n) is 6.65. The zero-order chi connectivity index (χ0) is 16.6. The topological polar surface area (TPSA) is 49.7 Å². The Labute approximate surface area is 138 Å². The smallest absolute Gasteiger partial charge is 0.100 e. The first-order valence-corrected chi connectivity index (χ1v) is 9.58. The summed E-state index contributed by atoms with van der Waals surface area (Å²) in [4.78, 5) is 0. The van der Waals surface area contributed by atoms with Gasteiger partial charge in [-0.1, -0.05) is 78.6 Å². The van der Waals surface area contributed by atoms with Crippen molar-refractivity contribution in [3.05, 3.63) is 0 Å². The van der Waals surface area contributed by atoms with Gasteiger partial charge in [0, 0.05) is 0 Å². The molecule has 0 heterocycles. The van der Waals surface area contributed by atoms with Crippen LogP contribution in [0, 0.1) is 5.92 Å². The number of aliphatic hydroxyl groups is 2. The number of rotatable bonds is 16. The van der Waals surface area contributed by atoms with Crippen LogP contribution in [-0.2, 0) is 4.74 Å². The molecule has 3 nitrogen and oxygen atoms in total. The van der Waals surface area contributed by atoms with Gasteiger partial charge >= 0.3 is 0 Å². The average molecular weight is 317 g/mol. The van der Waals surface area contributed by atoms with Crippen LogP contribution in [0.3, 0.4) is 0 Å². The molecule has 0 saturated carbocycles. The van der Waals surface area contributed by atoms with Crippen LogP contribution in [0.4, 0.5) is 0 Å². The monoisotopic (exact) mass is 316 g/mol. The summed E-state index contributed by atoms with van der Waals surface area (Å²) in [7, 11) is 0. The molecule has 134 valence electrons. The van der Waals surface area contributed by atoms with E-state index in [9.17, 15) is 5.11 Å². The lowest BCUT2D eigenvalue weighted by molar-refractivity contribution is -0.0399. The molecule has 0 aromatic rings. The van der Waals surface area contributed by atoms with Crippen molar-refractivity contribution in [3.63, 3.8) is 0 Å². The van der Waals surface area contributed by atoms with E-state index in [0.717, 1.165) is 18.8 Å². The third-order valence-electron chi connectivity index (χ3n) is 4.50. The minimum absolute atomic E-state index is 0.212. The summed E-state index contributed by atoms with van der Waals surface area (Å²) in [5.74, 6) is 0.729. The fourth-order valence-electron chi connectivity index (χ4n) is 2.90. The molecular weight excluding hydrogens is 276 g/mol. The van der Waals surface area contributed by atoms with Gasteiger partial charge in [0.05, 0.1) is 19.3 Å². The van der Waals surface area contributed by atoms with E-state index in [4.69, 9.17) is 9.84 Å². The van der Waals surface area contributed by atoms with Crippen molar-refractivity contribution in [1.29, 1.82) is 0 Å². The Morgan fingerprint density at radius 3 is 2.14 bits per heavy atom. The van der Waals surface area contributed by atoms with Crippen molar-refractivity contribution in [2.75, 3.05) is 13.2 Å². The van der Waals surface area contributed by atoms with E-state index in [1.165, 1.54) is 57.8 Å². The molecular formula is C19H40O3. The van der Waals surface area contributed by atoms with Crippen LogP contribution in [0.25, 0.3) is 0 Å². The van der Waals surface area contributed by atoms with E-state index in [0.29, 0.717) is 0 Å². The number of unbranched alkanes of at least 4 members (excludes halogenated alkanes) is 5. The molecule has 0 aromatic heterocycles. The summed E-state index contributed by atoms with van der Waals surface area (Å²) in [5.41, 5.74) is 0. The van der Waals surface area contributed by atoms with Gasteiger partial charge in [-0.05, 0) is 18.8 Å². The zero-order valence-corrected chi connectivity index (χ0v) is 15.2. The van der Waals surface area contributed by atoms with Crippen LogP contribution < -0.4 is 0 Å². The van der Waals surface area contributed by atoms with Crippen LogP contribution >= 0.6 is 0 Å². The molecule has 3 atom stereocenters. The van der Waals surface area contributed by atoms with E-state index in [-0.39, 0.29) is 19.3 Å². The lowest BCUT2D eigenvalue weighted by atomic mass is 9.91. The van der Waals surface area contributed by atoms with Gasteiger partial charge in [-0.2, -0.15) is 0 Å². The van der Waals surface area contributed by atoms with E-state index < -0.39 is 6.10 Å². The molecule has 0 aliphatic rings. The second-order valence-corrected chi connectivity index (χ2v) is 6.65. The first kappa shape index (κ1) is 21.9. The third kappa shape index (κ3) is 12.4. The summed E-state index contributed by atoms with van der Waals surface area (Å²) >= 11 is 0. The number of ether oxygens (including phenoxy) is 1. The highest BCUT2D eigenvalue weighted by atomic mass is 16.5. The van der Waals surface area contributed by atoms with Crippen LogP contribution in [0.15, 0.2) is 0 Å². The summed E-state index contributed by atoms with van der Waals surface area (Å²) in [6, 6.07) is 0. The lowest BCUT2D eigenvalue weighted by Gasteiger charge is -2.24. The van der Waals surface area contributed by atoms with Crippen molar-refractivity contribution < 1.29 is 14.9 Å². The molecule has 0 fully saturated rings. The van der Waals surface area contributed by atoms with Gasteiger partial charge in [0.25, 0.3) is 0 Å². The molecule has 0 spiro atoms. The van der Waals surface area contributed by atoms with Crippen molar-refractivity contribution in [2.24, 2.45) is 5.92 Å². The summed E-state index contributed by atoms with van der Waals surface area (Å²) < 4.78 is 5.90. The fraction of sp³-hybridized carbons (Fsp3) is 1.00. The maximum absolute atomic E-state index is 9.51. The lowest BCUT2D eigenvalue weighted by Crippen LogP contribution is -2.26. The molecule has 0 saturated heterocycles. The molecule has 0 rings (SSSR count). The molecule has 22 heavy (non-hydrogen) atoms. The first-order valence-electron chi connectivity index (χ1n) is 9.58. The highest BCUT2D eigenvalue weighted by molar-refractivity contribution is 4.68. The second kappa shape index (κ2) is 15.8. The molecule has 0 radical (unpaired) electrons. The SMILES string of the molecule is CCCCCCCC(CC(CC)CCCC)OCC(O)CO. The minimum Gasteiger partial charge on any atom is -0.394 e. The van der Waals surface area contributed by atoms with Gasteiger partial charge in [-0.3, -0.25) is 0 Å². The van der Waals surface area contributed by atoms with Gasteiger partial charge in [-0.25, -0.2) is 0 Å². The zero-order valence-electron chi connectivity index (χ0n) is 15.2. The van der Waals surface area contributed by atoms with E-state index in [1.807, 2.05) is 0 Å². The maximum Gasteiger partial charge on any atom is 0.100 e. The molecule has 2 N–H and O–H groups in total. The molecule has 0 aliphatic carbocycles. The van der Waals surface area contributed by atoms with Crippen LogP contribution in [0.2, 0.25) is 0 Å². The molecule has 0 amide bonds. The number of hydrogen-bond donors (Lipinski definition) is 2. The molecule has 0 aromatic carbocycles. The largest absolute Gasteiger partial charge is 0.394 e. The summed E-state index contributed by atoms with van der Waals surface area (Å²) in [6.45, 7) is 6.80. The highest BCUT2D eigenvalue weighted by Crippen LogP contribution is 2.23. The normalized spacial score (nSPS) is 15.7. The first-order chi connectivity index (χ1) is 10.7. The quantitative estimate of drug-likeness (QED) is 0.406. The summed E-state index contributed by atoms with van der Waals surface area (Å²) in [6.07, 6.45) is 13.1. The molecule has 3 heteroatoms. The Kier molecular flexibility index (Phi) is 15.7. The Morgan fingerprint density at radius 1 is 0.864 bits per heavy atom. The molecule has 3 unspecified atom stereocenters. The van der Waals surface area contributed by atoms with Gasteiger partial charge in [0.2, 0.25) is 0 Å². The van der Waals surface area contributed by atoms with Crippen LogP contribution in [0.5, 0.6) is 0 Å². The minimum atomic E-state index is -0.738. The van der Waals surface area contributed by atoms with Gasteiger partial charge in [0.15, 0.2) is 0 Å². The van der Waals surface area contributed by atoms with E-state index in [1.54, 1.807) is 0 Å². The predicted octanol–water partition coefficient (Wildman–Crippen LogP) is 4.69.